The summed E-state index contributed by atoms with van der Waals surface area (Å²) in [6.07, 6.45) is -2.81. The Bertz CT molecular complexity index is 902. The third-order valence-electron chi connectivity index (χ3n) is 3.69. The van der Waals surface area contributed by atoms with Gasteiger partial charge in [-0.1, -0.05) is 6.92 Å². The van der Waals surface area contributed by atoms with E-state index in [4.69, 9.17) is 0 Å². The molecule has 0 aliphatic carbocycles. The molecule has 0 unspecified atom stereocenters. The first kappa shape index (κ1) is 16.2. The molecule has 0 spiro atoms. The van der Waals surface area contributed by atoms with E-state index in [1.807, 2.05) is 6.92 Å². The van der Waals surface area contributed by atoms with Gasteiger partial charge >= 0.3 is 6.18 Å². The predicted molar refractivity (Wildman–Crippen MR) is 78.2 cm³/mol. The Morgan fingerprint density at radius 2 is 1.96 bits per heavy atom. The summed E-state index contributed by atoms with van der Waals surface area (Å²) in [5.74, 6) is -1.19. The van der Waals surface area contributed by atoms with Crippen molar-refractivity contribution in [3.63, 3.8) is 0 Å². The van der Waals surface area contributed by atoms with E-state index in [-0.39, 0.29) is 17.9 Å². The summed E-state index contributed by atoms with van der Waals surface area (Å²) in [6.45, 7) is 1.81. The van der Waals surface area contributed by atoms with Crippen molar-refractivity contribution in [1.82, 2.24) is 14.6 Å². The number of fused-ring (bicyclic) bond motifs is 1. The lowest BCUT2D eigenvalue weighted by molar-refractivity contribution is -0.137. The van der Waals surface area contributed by atoms with Gasteiger partial charge in [0.15, 0.2) is 5.65 Å². The minimum atomic E-state index is -4.64. The molecule has 8 heteroatoms. The normalized spacial score (nSPS) is 12.0. The summed E-state index contributed by atoms with van der Waals surface area (Å²) in [6, 6.07) is 3.93. The van der Waals surface area contributed by atoms with Gasteiger partial charge in [0.1, 0.15) is 5.82 Å². The van der Waals surface area contributed by atoms with Gasteiger partial charge in [0.2, 0.25) is 5.88 Å². The van der Waals surface area contributed by atoms with Crippen LogP contribution in [-0.4, -0.2) is 19.7 Å². The fraction of sp³-hybridized carbons (Fsp3) is 0.250. The molecule has 0 saturated carbocycles. The van der Waals surface area contributed by atoms with Crippen LogP contribution in [0.5, 0.6) is 5.88 Å². The Hall–Kier alpha value is -2.64. The Labute approximate surface area is 134 Å². The lowest BCUT2D eigenvalue weighted by Gasteiger charge is -2.13. The Kier molecular flexibility index (Phi) is 3.90. The van der Waals surface area contributed by atoms with Crippen molar-refractivity contribution in [2.45, 2.75) is 25.9 Å². The lowest BCUT2D eigenvalue weighted by Crippen LogP contribution is -2.08. The maximum Gasteiger partial charge on any atom is 0.416 e. The monoisotopic (exact) mass is 339 g/mol. The summed E-state index contributed by atoms with van der Waals surface area (Å²) in [5.41, 5.74) is 0.317. The molecule has 0 atom stereocenters. The highest BCUT2D eigenvalue weighted by Gasteiger charge is 2.31. The van der Waals surface area contributed by atoms with Gasteiger partial charge in [0, 0.05) is 18.1 Å². The van der Waals surface area contributed by atoms with Crippen molar-refractivity contribution < 1.29 is 22.7 Å². The molecular formula is C16H13F4N3O. The molecule has 0 aliphatic rings. The van der Waals surface area contributed by atoms with Crippen molar-refractivity contribution in [1.29, 1.82) is 0 Å². The van der Waals surface area contributed by atoms with E-state index in [1.54, 1.807) is 6.07 Å². The van der Waals surface area contributed by atoms with E-state index in [0.29, 0.717) is 29.4 Å². The van der Waals surface area contributed by atoms with Gasteiger partial charge < -0.3 is 5.11 Å². The van der Waals surface area contributed by atoms with Crippen molar-refractivity contribution in [3.05, 3.63) is 58.7 Å². The Balaban J connectivity index is 2.10. The SMILES string of the molecule is CCc1nc2ccnn2c(O)c1Cc1cc(F)cc(C(F)(F)F)c1. The van der Waals surface area contributed by atoms with E-state index in [1.165, 1.54) is 10.7 Å². The summed E-state index contributed by atoms with van der Waals surface area (Å²) in [5, 5.41) is 14.3. The summed E-state index contributed by atoms with van der Waals surface area (Å²) in [4.78, 5) is 4.33. The number of alkyl halides is 3. The van der Waals surface area contributed by atoms with E-state index < -0.39 is 17.6 Å². The maximum atomic E-state index is 13.6. The summed E-state index contributed by atoms with van der Waals surface area (Å²) >= 11 is 0. The quantitative estimate of drug-likeness (QED) is 0.740. The van der Waals surface area contributed by atoms with Gasteiger partial charge in [-0.05, 0) is 30.2 Å². The fourth-order valence-corrected chi connectivity index (χ4v) is 2.60. The largest absolute Gasteiger partial charge is 0.493 e. The first-order chi connectivity index (χ1) is 11.3. The van der Waals surface area contributed by atoms with Crippen LogP contribution in [0.2, 0.25) is 0 Å². The number of aromatic nitrogens is 3. The zero-order valence-corrected chi connectivity index (χ0v) is 12.6. The predicted octanol–water partition coefficient (Wildman–Crippen LogP) is 3.75. The van der Waals surface area contributed by atoms with Crippen molar-refractivity contribution in [3.8, 4) is 5.88 Å². The Morgan fingerprint density at radius 1 is 1.21 bits per heavy atom. The second-order valence-electron chi connectivity index (χ2n) is 5.34. The lowest BCUT2D eigenvalue weighted by atomic mass is 10.0. The number of benzene rings is 1. The van der Waals surface area contributed by atoms with Crippen molar-refractivity contribution >= 4 is 5.65 Å². The first-order valence-corrected chi connectivity index (χ1v) is 7.20. The van der Waals surface area contributed by atoms with Crippen molar-refractivity contribution in [2.75, 3.05) is 0 Å². The fourth-order valence-electron chi connectivity index (χ4n) is 2.60. The van der Waals surface area contributed by atoms with Gasteiger partial charge in [0.25, 0.3) is 0 Å². The number of aryl methyl sites for hydroxylation is 1. The average molecular weight is 339 g/mol. The van der Waals surface area contributed by atoms with E-state index in [2.05, 4.69) is 10.1 Å². The zero-order chi connectivity index (χ0) is 17.5. The topological polar surface area (TPSA) is 50.4 Å². The number of aromatic hydroxyl groups is 1. The molecular weight excluding hydrogens is 326 g/mol. The molecule has 3 aromatic rings. The van der Waals surface area contributed by atoms with Crippen LogP contribution in [0.15, 0.2) is 30.5 Å². The molecule has 126 valence electrons. The van der Waals surface area contributed by atoms with Gasteiger partial charge in [-0.2, -0.15) is 22.8 Å². The number of hydrogen-bond donors (Lipinski definition) is 1. The van der Waals surface area contributed by atoms with E-state index in [9.17, 15) is 22.7 Å². The zero-order valence-electron chi connectivity index (χ0n) is 12.6. The standard InChI is InChI=1S/C16H13F4N3O/c1-2-13-12(15(24)23-14(22-13)3-4-21-23)7-9-5-10(16(18,19)20)8-11(17)6-9/h3-6,8,24H,2,7H2,1H3. The molecule has 0 radical (unpaired) electrons. The van der Waals surface area contributed by atoms with E-state index >= 15 is 0 Å². The van der Waals surface area contributed by atoms with Crippen LogP contribution in [-0.2, 0) is 19.0 Å². The number of rotatable bonds is 3. The highest BCUT2D eigenvalue weighted by atomic mass is 19.4. The molecule has 0 fully saturated rings. The molecule has 2 aromatic heterocycles. The summed E-state index contributed by atoms with van der Waals surface area (Å²) < 4.78 is 53.3. The van der Waals surface area contributed by atoms with Gasteiger partial charge in [-0.3, -0.25) is 0 Å². The van der Waals surface area contributed by atoms with Crippen LogP contribution in [0.4, 0.5) is 17.6 Å². The first-order valence-electron chi connectivity index (χ1n) is 7.20. The second kappa shape index (κ2) is 5.77. The minimum absolute atomic E-state index is 0.0847. The van der Waals surface area contributed by atoms with Gasteiger partial charge in [-0.15, -0.1) is 0 Å². The molecule has 0 bridgehead atoms. The van der Waals surface area contributed by atoms with Gasteiger partial charge in [-0.25, -0.2) is 9.37 Å². The number of halogens is 4. The third-order valence-corrected chi connectivity index (χ3v) is 3.69. The average Bonchev–Trinajstić information content (AvgIpc) is 2.97. The van der Waals surface area contributed by atoms with E-state index in [0.717, 1.165) is 12.1 Å². The van der Waals surface area contributed by atoms with Crippen LogP contribution in [0.1, 0.15) is 29.3 Å². The highest BCUT2D eigenvalue weighted by molar-refractivity contribution is 5.47. The van der Waals surface area contributed by atoms with Crippen molar-refractivity contribution in [2.24, 2.45) is 0 Å². The molecule has 4 nitrogen and oxygen atoms in total. The highest BCUT2D eigenvalue weighted by Crippen LogP contribution is 2.32. The van der Waals surface area contributed by atoms with Crippen LogP contribution < -0.4 is 0 Å². The molecule has 0 amide bonds. The maximum absolute atomic E-state index is 13.6. The third kappa shape index (κ3) is 2.91. The Morgan fingerprint density at radius 3 is 2.62 bits per heavy atom. The number of nitrogens with zero attached hydrogens (tertiary/aromatic N) is 3. The van der Waals surface area contributed by atoms with Crippen LogP contribution in [0.3, 0.4) is 0 Å². The molecule has 24 heavy (non-hydrogen) atoms. The van der Waals surface area contributed by atoms with Gasteiger partial charge in [0.05, 0.1) is 17.5 Å². The molecule has 1 aromatic carbocycles. The molecule has 2 heterocycles. The molecule has 0 aliphatic heterocycles. The van der Waals surface area contributed by atoms with Crippen LogP contribution >= 0.6 is 0 Å². The molecule has 3 rings (SSSR count). The molecule has 1 N–H and O–H groups in total. The minimum Gasteiger partial charge on any atom is -0.493 e. The summed E-state index contributed by atoms with van der Waals surface area (Å²) in [7, 11) is 0. The van der Waals surface area contributed by atoms with Crippen LogP contribution in [0.25, 0.3) is 5.65 Å². The number of hydrogen-bond acceptors (Lipinski definition) is 3. The second-order valence-corrected chi connectivity index (χ2v) is 5.34. The smallest absolute Gasteiger partial charge is 0.416 e. The molecule has 0 saturated heterocycles. The van der Waals surface area contributed by atoms with Crippen LogP contribution in [0, 0.1) is 5.82 Å².